The third-order valence-electron chi connectivity index (χ3n) is 5.79. The highest BCUT2D eigenvalue weighted by atomic mass is 16.5. The number of nitrogens with zero attached hydrogens (tertiary/aromatic N) is 1. The van der Waals surface area contributed by atoms with Gasteiger partial charge in [-0.2, -0.15) is 0 Å². The third kappa shape index (κ3) is 4.29. The van der Waals surface area contributed by atoms with Gasteiger partial charge in [0, 0.05) is 6.54 Å². The maximum absolute atomic E-state index is 13.1. The quantitative estimate of drug-likeness (QED) is 0.709. The molecule has 150 valence electrons. The van der Waals surface area contributed by atoms with Gasteiger partial charge in [0.2, 0.25) is 5.60 Å². The zero-order chi connectivity index (χ0) is 20.0. The lowest BCUT2D eigenvalue weighted by molar-refractivity contribution is -0.162. The van der Waals surface area contributed by atoms with Gasteiger partial charge in [-0.05, 0) is 61.0 Å². The van der Waals surface area contributed by atoms with Crippen LogP contribution in [0.25, 0.3) is 0 Å². The van der Waals surface area contributed by atoms with Crippen LogP contribution in [0.15, 0.2) is 48.5 Å². The van der Waals surface area contributed by atoms with Crippen molar-refractivity contribution in [3.63, 3.8) is 0 Å². The lowest BCUT2D eigenvalue weighted by atomic mass is 9.82. The minimum atomic E-state index is -1.79. The molecule has 0 aliphatic heterocycles. The first-order valence-electron chi connectivity index (χ1n) is 10.4. The molecule has 0 radical (unpaired) electrons. The van der Waals surface area contributed by atoms with Crippen molar-refractivity contribution in [3.05, 3.63) is 70.8 Å². The zero-order valence-electron chi connectivity index (χ0n) is 17.0. The van der Waals surface area contributed by atoms with Crippen LogP contribution in [0.1, 0.15) is 48.9 Å². The minimum Gasteiger partial charge on any atom is -0.462 e. The second-order valence-corrected chi connectivity index (χ2v) is 7.43. The average Bonchev–Trinajstić information content (AvgIpc) is 2.76. The number of carbonyl (C=O) groups is 1. The van der Waals surface area contributed by atoms with Crippen LogP contribution in [-0.2, 0) is 28.0 Å². The van der Waals surface area contributed by atoms with E-state index in [9.17, 15) is 9.90 Å². The van der Waals surface area contributed by atoms with Crippen LogP contribution in [0.3, 0.4) is 0 Å². The lowest BCUT2D eigenvalue weighted by Gasteiger charge is -2.29. The smallest absolute Gasteiger partial charge is 0.347 e. The SMILES string of the molecule is CCN(CC)CCOC(=O)C(O)(c1ccccc1)c1ccc2c(c1)CCCC2. The van der Waals surface area contributed by atoms with E-state index in [2.05, 4.69) is 24.8 Å². The van der Waals surface area contributed by atoms with Gasteiger partial charge in [0.15, 0.2) is 0 Å². The molecule has 1 aliphatic rings. The van der Waals surface area contributed by atoms with Gasteiger partial charge >= 0.3 is 5.97 Å². The molecule has 3 rings (SSSR count). The fourth-order valence-electron chi connectivity index (χ4n) is 3.95. The predicted octanol–water partition coefficient (Wildman–Crippen LogP) is 3.69. The van der Waals surface area contributed by atoms with Crippen molar-refractivity contribution < 1.29 is 14.6 Å². The van der Waals surface area contributed by atoms with Crippen LogP contribution >= 0.6 is 0 Å². The van der Waals surface area contributed by atoms with Crippen LogP contribution in [0.2, 0.25) is 0 Å². The number of hydrogen-bond acceptors (Lipinski definition) is 4. The van der Waals surface area contributed by atoms with E-state index in [1.807, 2.05) is 30.3 Å². The summed E-state index contributed by atoms with van der Waals surface area (Å²) in [7, 11) is 0. The number of ether oxygens (including phenoxy) is 1. The molecule has 28 heavy (non-hydrogen) atoms. The third-order valence-corrected chi connectivity index (χ3v) is 5.79. The number of benzene rings is 2. The van der Waals surface area contributed by atoms with Crippen molar-refractivity contribution in [2.75, 3.05) is 26.2 Å². The van der Waals surface area contributed by atoms with Crippen molar-refractivity contribution in [1.29, 1.82) is 0 Å². The number of fused-ring (bicyclic) bond motifs is 1. The van der Waals surface area contributed by atoms with Crippen LogP contribution in [0, 0.1) is 0 Å². The second-order valence-electron chi connectivity index (χ2n) is 7.43. The summed E-state index contributed by atoms with van der Waals surface area (Å²) >= 11 is 0. The number of likely N-dealkylation sites (N-methyl/N-ethyl adjacent to an activating group) is 1. The van der Waals surface area contributed by atoms with E-state index < -0.39 is 11.6 Å². The number of rotatable bonds is 8. The predicted molar refractivity (Wildman–Crippen MR) is 111 cm³/mol. The molecule has 0 saturated heterocycles. The fraction of sp³-hybridized carbons (Fsp3) is 0.458. The van der Waals surface area contributed by atoms with Crippen LogP contribution < -0.4 is 0 Å². The van der Waals surface area contributed by atoms with Crippen LogP contribution in [-0.4, -0.2) is 42.2 Å². The normalized spacial score (nSPS) is 15.7. The molecule has 2 aromatic carbocycles. The molecule has 0 saturated carbocycles. The zero-order valence-corrected chi connectivity index (χ0v) is 17.0. The van der Waals surface area contributed by atoms with E-state index in [1.165, 1.54) is 17.5 Å². The van der Waals surface area contributed by atoms with Crippen LogP contribution in [0.5, 0.6) is 0 Å². The van der Waals surface area contributed by atoms with E-state index in [0.29, 0.717) is 17.7 Å². The Balaban J connectivity index is 1.89. The van der Waals surface area contributed by atoms with Gasteiger partial charge in [0.25, 0.3) is 0 Å². The largest absolute Gasteiger partial charge is 0.462 e. The number of hydrogen-bond donors (Lipinski definition) is 1. The summed E-state index contributed by atoms with van der Waals surface area (Å²) in [5.74, 6) is -0.610. The summed E-state index contributed by atoms with van der Waals surface area (Å²) in [5.41, 5.74) is 1.89. The van der Waals surface area contributed by atoms with Crippen molar-refractivity contribution in [2.24, 2.45) is 0 Å². The molecular weight excluding hydrogens is 350 g/mol. The van der Waals surface area contributed by atoms with Gasteiger partial charge in [0.1, 0.15) is 6.61 Å². The molecule has 2 aromatic rings. The van der Waals surface area contributed by atoms with Crippen LogP contribution in [0.4, 0.5) is 0 Å². The molecule has 1 unspecified atom stereocenters. The standard InChI is InChI=1S/C24H31NO3/c1-3-25(4-2)16-17-28-23(26)24(27,21-12-6-5-7-13-21)22-15-14-19-10-8-9-11-20(19)18-22/h5-7,12-15,18,27H,3-4,8-11,16-17H2,1-2H3. The van der Waals surface area contributed by atoms with E-state index in [4.69, 9.17) is 4.74 Å². The Labute approximate surface area is 168 Å². The maximum Gasteiger partial charge on any atom is 0.347 e. The van der Waals surface area contributed by atoms with Gasteiger partial charge in [0.05, 0.1) is 0 Å². The molecule has 1 N–H and O–H groups in total. The van der Waals surface area contributed by atoms with E-state index in [-0.39, 0.29) is 6.61 Å². The first-order valence-corrected chi connectivity index (χ1v) is 10.4. The summed E-state index contributed by atoms with van der Waals surface area (Å²) in [6.07, 6.45) is 4.40. The topological polar surface area (TPSA) is 49.8 Å². The Morgan fingerprint density at radius 1 is 1.00 bits per heavy atom. The molecule has 4 heteroatoms. The van der Waals surface area contributed by atoms with Gasteiger partial charge < -0.3 is 14.7 Å². The molecule has 1 aliphatic carbocycles. The number of aryl methyl sites for hydroxylation is 2. The van der Waals surface area contributed by atoms with E-state index >= 15 is 0 Å². The molecule has 0 fully saturated rings. The summed E-state index contributed by atoms with van der Waals surface area (Å²) in [4.78, 5) is 15.3. The first kappa shape index (κ1) is 20.6. The van der Waals surface area contributed by atoms with Crippen molar-refractivity contribution in [1.82, 2.24) is 4.90 Å². The highest BCUT2D eigenvalue weighted by molar-refractivity contribution is 5.85. The van der Waals surface area contributed by atoms with Gasteiger partial charge in [-0.15, -0.1) is 0 Å². The number of esters is 1. The summed E-state index contributed by atoms with van der Waals surface area (Å²) in [6.45, 7) is 6.90. The van der Waals surface area contributed by atoms with E-state index in [1.54, 1.807) is 12.1 Å². The Hall–Kier alpha value is -2.17. The number of carbonyl (C=O) groups excluding carboxylic acids is 1. The average molecular weight is 382 g/mol. The Morgan fingerprint density at radius 3 is 2.36 bits per heavy atom. The molecule has 0 bridgehead atoms. The monoisotopic (exact) mass is 381 g/mol. The highest BCUT2D eigenvalue weighted by Gasteiger charge is 2.42. The Bertz CT molecular complexity index is 786. The van der Waals surface area contributed by atoms with E-state index in [0.717, 1.165) is 32.4 Å². The molecule has 0 spiro atoms. The van der Waals surface area contributed by atoms with Crippen molar-refractivity contribution >= 4 is 5.97 Å². The molecule has 0 heterocycles. The molecule has 1 atom stereocenters. The molecule has 0 aromatic heterocycles. The summed E-state index contributed by atoms with van der Waals surface area (Å²) < 4.78 is 5.56. The number of aliphatic hydroxyl groups is 1. The van der Waals surface area contributed by atoms with Gasteiger partial charge in [-0.1, -0.05) is 62.4 Å². The second kappa shape index (κ2) is 9.35. The first-order chi connectivity index (χ1) is 13.6. The van der Waals surface area contributed by atoms with Gasteiger partial charge in [-0.3, -0.25) is 0 Å². The fourth-order valence-corrected chi connectivity index (χ4v) is 3.95. The van der Waals surface area contributed by atoms with Gasteiger partial charge in [-0.25, -0.2) is 4.79 Å². The molecule has 4 nitrogen and oxygen atoms in total. The summed E-state index contributed by atoms with van der Waals surface area (Å²) in [5, 5.41) is 11.6. The highest BCUT2D eigenvalue weighted by Crippen LogP contribution is 2.34. The Kier molecular flexibility index (Phi) is 6.87. The molecule has 0 amide bonds. The summed E-state index contributed by atoms with van der Waals surface area (Å²) in [6, 6.07) is 15.0. The van der Waals surface area contributed by atoms with Crippen molar-refractivity contribution in [2.45, 2.75) is 45.1 Å². The minimum absolute atomic E-state index is 0.264. The van der Waals surface area contributed by atoms with Crippen molar-refractivity contribution in [3.8, 4) is 0 Å². The molecular formula is C24H31NO3. The lowest BCUT2D eigenvalue weighted by Crippen LogP contribution is -2.40. The Morgan fingerprint density at radius 2 is 1.68 bits per heavy atom. The maximum atomic E-state index is 13.1.